The highest BCUT2D eigenvalue weighted by atomic mass is 16.4. The number of unbranched alkanes of at least 4 members (excludes halogenated alkanes) is 2. The molecule has 14 atom stereocenters. The molecule has 14 unspecified atom stereocenters. The van der Waals surface area contributed by atoms with Crippen LogP contribution in [0.2, 0.25) is 0 Å². The second-order valence-electron chi connectivity index (χ2n) is 28.0. The van der Waals surface area contributed by atoms with Gasteiger partial charge in [-0.1, -0.05) is 70.2 Å². The third-order valence-electron chi connectivity index (χ3n) is 17.6. The number of carboxylic acids is 4. The Morgan fingerprint density at radius 1 is 0.438 bits per heavy atom. The SMILES string of the molecule is CC(C)CC(NC(=O)C(C)NC(=O)C1CCCN1C(=O)C(Cc1ccc(O)cc1)NC(=O)C(CC(C)C)NC(=O)C(CO)NC(=O)C(CO)NC(=O)C(CC(=O)O)NC(=O)C(CCCCN)NC(=O)CCC(=O)O)C(=O)NC(C(=O)NC(Cc1ccccc1)C(=O)NC(CC(=O)O)C(=O)NC(CCCCN)C(=O)O)C(C)O. The lowest BCUT2D eigenvalue weighted by atomic mass is 10.00. The van der Waals surface area contributed by atoms with Crippen molar-refractivity contribution in [3.05, 3.63) is 65.7 Å². The van der Waals surface area contributed by atoms with E-state index in [2.05, 4.69) is 63.8 Å². The minimum atomic E-state index is -2.00. The zero-order valence-corrected chi connectivity index (χ0v) is 63.4. The van der Waals surface area contributed by atoms with E-state index in [1.165, 1.54) is 31.2 Å². The fourth-order valence-electron chi connectivity index (χ4n) is 11.7. The van der Waals surface area contributed by atoms with Gasteiger partial charge in [-0.2, -0.15) is 0 Å². The van der Waals surface area contributed by atoms with E-state index in [1.54, 1.807) is 58.0 Å². The second-order valence-corrected chi connectivity index (χ2v) is 28.0. The number of nitrogens with zero attached hydrogens (tertiary/aromatic N) is 1. The van der Waals surface area contributed by atoms with Crippen molar-refractivity contribution in [1.82, 2.24) is 68.7 Å². The van der Waals surface area contributed by atoms with Crippen molar-refractivity contribution in [3.8, 4) is 5.75 Å². The van der Waals surface area contributed by atoms with Crippen LogP contribution in [0.1, 0.15) is 143 Å². The summed E-state index contributed by atoms with van der Waals surface area (Å²) in [7, 11) is 0. The molecule has 1 fully saturated rings. The van der Waals surface area contributed by atoms with Gasteiger partial charge in [0.05, 0.1) is 38.6 Å². The number of benzene rings is 2. The Labute approximate surface area is 646 Å². The van der Waals surface area contributed by atoms with Gasteiger partial charge in [0.15, 0.2) is 0 Å². The molecule has 0 spiro atoms. The van der Waals surface area contributed by atoms with Gasteiger partial charge in [0.2, 0.25) is 76.8 Å². The average Bonchev–Trinajstić information content (AvgIpc) is 1.62. The number of aromatic hydroxyl groups is 1. The molecule has 3 rings (SSSR count). The predicted molar refractivity (Wildman–Crippen MR) is 395 cm³/mol. The number of nitrogens with one attached hydrogen (secondary N) is 12. The van der Waals surface area contributed by atoms with Crippen molar-refractivity contribution >= 4 is 101 Å². The van der Waals surface area contributed by atoms with E-state index < -0.39 is 230 Å². The van der Waals surface area contributed by atoms with Crippen molar-refractivity contribution in [2.24, 2.45) is 23.3 Å². The highest BCUT2D eigenvalue weighted by molar-refractivity contribution is 6.01. The lowest BCUT2D eigenvalue weighted by molar-refractivity contribution is -0.144. The van der Waals surface area contributed by atoms with E-state index in [0.29, 0.717) is 24.0 Å². The Hall–Kier alpha value is -11.0. The lowest BCUT2D eigenvalue weighted by Crippen LogP contribution is -2.62. The zero-order chi connectivity index (χ0) is 84.1. The first kappa shape index (κ1) is 95.2. The number of aliphatic hydroxyl groups is 3. The molecule has 0 radical (unpaired) electrons. The monoisotopic (exact) mass is 1580 g/mol. The minimum absolute atomic E-state index is 0.0267. The standard InChI is InChI=1S/C72H109N15O25/c1-37(2)29-46(79-67(106)52(35-88)85-68(107)53(36-89)84-65(104)50(34-58(97)98)80-61(100)44(17-10-12-26-73)76-55(92)24-25-56(93)94)62(101)83-51(32-42-20-22-43(91)23-21-42)71(110)87-28-14-19-54(87)69(108)75-39(5)60(99)78-47(30-38(3)4)66(105)86-59(40(6)90)70(109)82-48(31-41-15-8-7-9-16-41)63(102)81-49(33-57(95)96)64(103)77-45(72(111)112)18-11-13-27-74/h7-9,15-16,20-23,37-40,44-54,59,88-91H,10-14,17-19,24-36,73-74H2,1-6H3,(H,75,108)(H,76,92)(H,77,103)(H,78,99)(H,79,106)(H,80,100)(H,81,102)(H,82,109)(H,83,101)(H,84,104)(H,85,107)(H,86,105)(H,93,94)(H,95,96)(H,97,98)(H,111,112). The van der Waals surface area contributed by atoms with Gasteiger partial charge in [0.25, 0.3) is 0 Å². The molecule has 0 saturated carbocycles. The molecule has 13 amide bonds. The number of hydrogen-bond donors (Lipinski definition) is 22. The number of phenolic OH excluding ortho intramolecular Hbond substituents is 1. The summed E-state index contributed by atoms with van der Waals surface area (Å²) >= 11 is 0. The summed E-state index contributed by atoms with van der Waals surface area (Å²) in [5, 5.41) is 108. The average molecular weight is 1580 g/mol. The predicted octanol–water partition coefficient (Wildman–Crippen LogP) is -5.38. The van der Waals surface area contributed by atoms with E-state index >= 15 is 0 Å². The van der Waals surface area contributed by atoms with E-state index in [1.807, 2.05) is 0 Å². The van der Waals surface area contributed by atoms with E-state index in [9.17, 15) is 117 Å². The zero-order valence-electron chi connectivity index (χ0n) is 63.4. The van der Waals surface area contributed by atoms with Crippen molar-refractivity contribution in [2.75, 3.05) is 32.8 Å². The highest BCUT2D eigenvalue weighted by Crippen LogP contribution is 2.22. The van der Waals surface area contributed by atoms with Crippen molar-refractivity contribution in [3.63, 3.8) is 0 Å². The number of nitrogens with two attached hydrogens (primary N) is 2. The summed E-state index contributed by atoms with van der Waals surface area (Å²) in [4.78, 5) is 229. The van der Waals surface area contributed by atoms with Gasteiger partial charge in [-0.3, -0.25) is 76.7 Å². The van der Waals surface area contributed by atoms with Crippen molar-refractivity contribution in [1.29, 1.82) is 0 Å². The van der Waals surface area contributed by atoms with Gasteiger partial charge in [-0.15, -0.1) is 0 Å². The quantitative estimate of drug-likeness (QED) is 0.0275. The maximum Gasteiger partial charge on any atom is 0.326 e. The second kappa shape index (κ2) is 48.6. The molecule has 0 aromatic heterocycles. The van der Waals surface area contributed by atoms with Gasteiger partial charge in [-0.05, 0) is 126 Å². The molecule has 1 aliphatic rings. The highest BCUT2D eigenvalue weighted by Gasteiger charge is 2.42. The van der Waals surface area contributed by atoms with Crippen LogP contribution in [0.5, 0.6) is 5.75 Å². The Morgan fingerprint density at radius 3 is 1.32 bits per heavy atom. The summed E-state index contributed by atoms with van der Waals surface area (Å²) in [6.07, 6.45) is -4.40. The number of hydrogen-bond acceptors (Lipinski definition) is 23. The Morgan fingerprint density at radius 2 is 0.848 bits per heavy atom. The molecule has 1 saturated heterocycles. The lowest BCUT2D eigenvalue weighted by Gasteiger charge is -2.31. The van der Waals surface area contributed by atoms with Crippen LogP contribution in [0.3, 0.4) is 0 Å². The number of rotatable bonds is 51. The van der Waals surface area contributed by atoms with Gasteiger partial charge in [-0.25, -0.2) is 4.79 Å². The minimum Gasteiger partial charge on any atom is -0.508 e. The summed E-state index contributed by atoms with van der Waals surface area (Å²) in [5.74, 6) is -20.8. The molecule has 2 aromatic carbocycles. The normalized spacial score (nSPS) is 16.0. The fourth-order valence-corrected chi connectivity index (χ4v) is 11.7. The summed E-state index contributed by atoms with van der Waals surface area (Å²) in [5.41, 5.74) is 11.9. The first-order valence-corrected chi connectivity index (χ1v) is 36.8. The smallest absolute Gasteiger partial charge is 0.326 e. The number of phenols is 1. The molecule has 112 heavy (non-hydrogen) atoms. The fraction of sp³-hybridized carbons (Fsp3) is 0.597. The molecule has 0 bridgehead atoms. The van der Waals surface area contributed by atoms with Crippen LogP contribution >= 0.6 is 0 Å². The number of amides is 13. The van der Waals surface area contributed by atoms with Crippen LogP contribution in [0.4, 0.5) is 0 Å². The van der Waals surface area contributed by atoms with Gasteiger partial charge in [0, 0.05) is 25.8 Å². The summed E-state index contributed by atoms with van der Waals surface area (Å²) in [6.45, 7) is 7.06. The van der Waals surface area contributed by atoms with Gasteiger partial charge in [0.1, 0.15) is 84.3 Å². The van der Waals surface area contributed by atoms with Crippen LogP contribution in [-0.2, 0) is 94.3 Å². The van der Waals surface area contributed by atoms with Crippen LogP contribution < -0.4 is 75.3 Å². The summed E-state index contributed by atoms with van der Waals surface area (Å²) in [6, 6.07) is -7.98. The molecule has 40 nitrogen and oxygen atoms in total. The Balaban J connectivity index is 1.85. The molecule has 1 heterocycles. The Bertz CT molecular complexity index is 3550. The number of aliphatic hydroxyl groups excluding tert-OH is 3. The van der Waals surface area contributed by atoms with Crippen molar-refractivity contribution in [2.45, 2.75) is 229 Å². The third kappa shape index (κ3) is 33.7. The van der Waals surface area contributed by atoms with E-state index in [0.717, 1.165) is 11.8 Å². The number of carbonyl (C=O) groups excluding carboxylic acids is 13. The maximum atomic E-state index is 14.9. The van der Waals surface area contributed by atoms with Crippen LogP contribution in [0.25, 0.3) is 0 Å². The molecule has 1 aliphatic heterocycles. The molecular formula is C72H109N15O25. The van der Waals surface area contributed by atoms with E-state index in [-0.39, 0.29) is 95.5 Å². The first-order valence-electron chi connectivity index (χ1n) is 36.8. The van der Waals surface area contributed by atoms with E-state index in [4.69, 9.17) is 16.6 Å². The molecule has 40 heteroatoms. The number of likely N-dealkylation sites (tertiary alicyclic amines) is 1. The van der Waals surface area contributed by atoms with Crippen LogP contribution in [-0.4, -0.2) is 264 Å². The largest absolute Gasteiger partial charge is 0.508 e. The molecule has 2 aromatic rings. The topological polar surface area (TPSA) is 652 Å². The van der Waals surface area contributed by atoms with Gasteiger partial charge >= 0.3 is 23.9 Å². The molecule has 622 valence electrons. The van der Waals surface area contributed by atoms with Crippen molar-refractivity contribution < 1.29 is 122 Å². The number of carbonyl (C=O) groups is 17. The van der Waals surface area contributed by atoms with Crippen LogP contribution in [0, 0.1) is 11.8 Å². The molecule has 0 aliphatic carbocycles. The maximum absolute atomic E-state index is 14.9. The molecule has 24 N–H and O–H groups in total. The third-order valence-corrected chi connectivity index (χ3v) is 17.6. The Kier molecular flexibility index (Phi) is 41.3. The summed E-state index contributed by atoms with van der Waals surface area (Å²) < 4.78 is 0. The molecular weight excluding hydrogens is 1470 g/mol. The number of aliphatic carboxylic acids is 4. The first-order chi connectivity index (χ1) is 52.8. The van der Waals surface area contributed by atoms with Gasteiger partial charge < -0.3 is 121 Å². The van der Waals surface area contributed by atoms with Crippen LogP contribution in [0.15, 0.2) is 54.6 Å². The number of carboxylic acid groups (broad SMARTS) is 4.